The summed E-state index contributed by atoms with van der Waals surface area (Å²) in [7, 11) is -4.00. The van der Waals surface area contributed by atoms with Crippen LogP contribution in [0.15, 0.2) is 52.2 Å². The van der Waals surface area contributed by atoms with Gasteiger partial charge in [-0.05, 0) is 36.4 Å². The molecular weight excluding hydrogens is 475 g/mol. The van der Waals surface area contributed by atoms with Crippen molar-refractivity contribution < 1.29 is 21.6 Å². The van der Waals surface area contributed by atoms with Crippen LogP contribution in [0.2, 0.25) is 0 Å². The van der Waals surface area contributed by atoms with E-state index in [1.807, 2.05) is 6.07 Å². The molecule has 4 rings (SSSR count). The van der Waals surface area contributed by atoms with Crippen LogP contribution >= 0.6 is 22.9 Å². The van der Waals surface area contributed by atoms with Crippen molar-refractivity contribution in [2.24, 2.45) is 0 Å². The molecule has 7 nitrogen and oxygen atoms in total. The molecule has 1 aliphatic rings. The van der Waals surface area contributed by atoms with Crippen LogP contribution in [0, 0.1) is 11.3 Å². The number of rotatable bonds is 4. The number of hydrogen-bond acceptors (Lipinski definition) is 7. The van der Waals surface area contributed by atoms with Crippen LogP contribution in [-0.2, 0) is 16.2 Å². The highest BCUT2D eigenvalue weighted by molar-refractivity contribution is 7.92. The van der Waals surface area contributed by atoms with Gasteiger partial charge in [0, 0.05) is 10.9 Å². The fourth-order valence-electron chi connectivity index (χ4n) is 3.02. The summed E-state index contributed by atoms with van der Waals surface area (Å²) in [4.78, 5) is 3.69. The minimum Gasteiger partial charge on any atom is -0.274 e. The Morgan fingerprint density at radius 1 is 1.23 bits per heavy atom. The summed E-state index contributed by atoms with van der Waals surface area (Å²) < 4.78 is 66.5. The van der Waals surface area contributed by atoms with E-state index in [2.05, 4.69) is 15.1 Å². The van der Waals surface area contributed by atoms with Crippen molar-refractivity contribution in [2.45, 2.75) is 16.6 Å². The highest BCUT2D eigenvalue weighted by Gasteiger charge is 2.35. The Hall–Kier alpha value is -2.85. The maximum absolute atomic E-state index is 13.0. The number of nitriles is 1. The average molecular weight is 486 g/mol. The first kappa shape index (κ1) is 21.4. The third kappa shape index (κ3) is 4.05. The third-order valence-corrected chi connectivity index (χ3v) is 6.69. The number of sulfonamides is 1. The van der Waals surface area contributed by atoms with Gasteiger partial charge in [0.05, 0.1) is 32.9 Å². The lowest BCUT2D eigenvalue weighted by Gasteiger charge is -2.21. The molecule has 3 aromatic rings. The van der Waals surface area contributed by atoms with Crippen molar-refractivity contribution in [2.75, 3.05) is 9.73 Å². The largest absolute Gasteiger partial charge is 0.416 e. The standard InChI is InChI=1S/C18H11ClF3N5O2S2/c19-17-13-6-11(18(20,21)22)1-3-15(13)27(25-17)14-4-2-12(5-10(14)7-23)31(28,29)26-16-8-30-9-24-16/h1-6,8-9,17,25-26H. The van der Waals surface area contributed by atoms with Gasteiger partial charge >= 0.3 is 6.18 Å². The van der Waals surface area contributed by atoms with E-state index < -0.39 is 27.3 Å². The van der Waals surface area contributed by atoms with E-state index in [0.717, 1.165) is 18.2 Å². The molecule has 0 saturated heterocycles. The van der Waals surface area contributed by atoms with Crippen molar-refractivity contribution >= 4 is 50.2 Å². The Bertz CT molecular complexity index is 1290. The average Bonchev–Trinajstić information content (AvgIpc) is 3.34. The monoisotopic (exact) mass is 485 g/mol. The van der Waals surface area contributed by atoms with E-state index in [-0.39, 0.29) is 27.5 Å². The Balaban J connectivity index is 1.71. The van der Waals surface area contributed by atoms with Crippen molar-refractivity contribution in [1.29, 1.82) is 5.26 Å². The number of anilines is 3. The maximum atomic E-state index is 13.0. The number of alkyl halides is 4. The van der Waals surface area contributed by atoms with E-state index in [4.69, 9.17) is 11.6 Å². The van der Waals surface area contributed by atoms with Crippen LogP contribution in [0.1, 0.15) is 22.2 Å². The van der Waals surface area contributed by atoms with Gasteiger partial charge in [-0.1, -0.05) is 11.6 Å². The zero-order valence-electron chi connectivity index (χ0n) is 15.2. The maximum Gasteiger partial charge on any atom is 0.416 e. The summed E-state index contributed by atoms with van der Waals surface area (Å²) in [6, 6.07) is 8.81. The Kier molecular flexibility index (Phi) is 5.30. The molecule has 13 heteroatoms. The first-order valence-electron chi connectivity index (χ1n) is 8.47. The lowest BCUT2D eigenvalue weighted by atomic mass is 10.1. The minimum atomic E-state index is -4.53. The van der Waals surface area contributed by atoms with Crippen LogP contribution in [0.4, 0.5) is 30.4 Å². The molecule has 0 aliphatic carbocycles. The third-order valence-electron chi connectivity index (χ3n) is 4.42. The van der Waals surface area contributed by atoms with Gasteiger partial charge in [-0.2, -0.15) is 18.4 Å². The van der Waals surface area contributed by atoms with E-state index in [1.54, 1.807) is 0 Å². The number of hydrogen-bond donors (Lipinski definition) is 2. The number of halogens is 4. The van der Waals surface area contributed by atoms with Crippen molar-refractivity contribution in [3.63, 3.8) is 0 Å². The molecule has 0 fully saturated rings. The van der Waals surface area contributed by atoms with Crippen molar-refractivity contribution in [3.05, 3.63) is 64.0 Å². The second-order valence-corrected chi connectivity index (χ2v) is 9.21. The normalized spacial score (nSPS) is 16.1. The van der Waals surface area contributed by atoms with Crippen LogP contribution in [0.25, 0.3) is 0 Å². The molecule has 31 heavy (non-hydrogen) atoms. The molecule has 160 valence electrons. The van der Waals surface area contributed by atoms with Gasteiger partial charge in [-0.15, -0.1) is 11.3 Å². The summed E-state index contributed by atoms with van der Waals surface area (Å²) in [6.45, 7) is 0. The SMILES string of the molecule is N#Cc1cc(S(=O)(=O)Nc2cscn2)ccc1N1NC(Cl)c2cc(C(F)(F)F)ccc21. The first-order chi connectivity index (χ1) is 14.6. The highest BCUT2D eigenvalue weighted by atomic mass is 35.5. The number of nitrogens with zero attached hydrogens (tertiary/aromatic N) is 3. The number of aromatic nitrogens is 1. The topological polar surface area (TPSA) is 98.1 Å². The van der Waals surface area contributed by atoms with Crippen molar-refractivity contribution in [3.8, 4) is 6.07 Å². The minimum absolute atomic E-state index is 0.0229. The van der Waals surface area contributed by atoms with Gasteiger partial charge < -0.3 is 0 Å². The molecule has 0 radical (unpaired) electrons. The summed E-state index contributed by atoms with van der Waals surface area (Å²) >= 11 is 7.38. The van der Waals surface area contributed by atoms with Crippen LogP contribution in [0.3, 0.4) is 0 Å². The fourth-order valence-corrected chi connectivity index (χ4v) is 4.87. The molecule has 1 atom stereocenters. The van der Waals surface area contributed by atoms with E-state index in [1.165, 1.54) is 45.4 Å². The fraction of sp³-hybridized carbons (Fsp3) is 0.111. The van der Waals surface area contributed by atoms with Gasteiger partial charge in [0.25, 0.3) is 10.0 Å². The molecule has 0 amide bonds. The van der Waals surface area contributed by atoms with Crippen LogP contribution in [0.5, 0.6) is 0 Å². The Labute approximate surface area is 183 Å². The molecule has 1 aliphatic heterocycles. The quantitative estimate of drug-likeness (QED) is 0.409. The summed E-state index contributed by atoms with van der Waals surface area (Å²) in [5.74, 6) is 0.146. The van der Waals surface area contributed by atoms with Gasteiger partial charge in [-0.25, -0.2) is 18.8 Å². The number of thiazole rings is 1. The summed E-state index contributed by atoms with van der Waals surface area (Å²) in [5.41, 5.74) is 3.14. The first-order valence-corrected chi connectivity index (χ1v) is 11.3. The molecule has 2 aromatic carbocycles. The van der Waals surface area contributed by atoms with E-state index >= 15 is 0 Å². The Morgan fingerprint density at radius 3 is 2.61 bits per heavy atom. The van der Waals surface area contributed by atoms with Crippen LogP contribution in [-0.4, -0.2) is 13.4 Å². The second-order valence-electron chi connectivity index (χ2n) is 6.37. The molecule has 1 aromatic heterocycles. The van der Waals surface area contributed by atoms with Gasteiger partial charge in [0.2, 0.25) is 0 Å². The lowest BCUT2D eigenvalue weighted by Crippen LogP contribution is -2.28. The van der Waals surface area contributed by atoms with E-state index in [0.29, 0.717) is 5.69 Å². The summed E-state index contributed by atoms with van der Waals surface area (Å²) in [6.07, 6.45) is -4.53. The molecular formula is C18H11ClF3N5O2S2. The van der Waals surface area contributed by atoms with E-state index in [9.17, 15) is 26.9 Å². The molecule has 2 heterocycles. The summed E-state index contributed by atoms with van der Waals surface area (Å²) in [5, 5.41) is 12.4. The molecule has 1 unspecified atom stereocenters. The zero-order chi connectivity index (χ0) is 22.4. The molecule has 2 N–H and O–H groups in total. The van der Waals surface area contributed by atoms with Crippen LogP contribution < -0.4 is 15.2 Å². The van der Waals surface area contributed by atoms with Gasteiger partial charge in [0.1, 0.15) is 11.6 Å². The predicted octanol–water partition coefficient (Wildman–Crippen LogP) is 4.73. The smallest absolute Gasteiger partial charge is 0.274 e. The number of hydrazine groups is 1. The van der Waals surface area contributed by atoms with Gasteiger partial charge in [0.15, 0.2) is 5.82 Å². The second kappa shape index (κ2) is 7.69. The highest BCUT2D eigenvalue weighted by Crippen LogP contribution is 2.43. The zero-order valence-corrected chi connectivity index (χ0v) is 17.6. The predicted molar refractivity (Wildman–Crippen MR) is 109 cm³/mol. The lowest BCUT2D eigenvalue weighted by molar-refractivity contribution is -0.137. The number of fused-ring (bicyclic) bond motifs is 1. The molecule has 0 spiro atoms. The molecule has 0 saturated carbocycles. The number of benzene rings is 2. The molecule has 0 bridgehead atoms. The Morgan fingerprint density at radius 2 is 1.97 bits per heavy atom. The van der Waals surface area contributed by atoms with Gasteiger partial charge in [-0.3, -0.25) is 9.73 Å². The van der Waals surface area contributed by atoms with Crippen molar-refractivity contribution in [1.82, 2.24) is 10.4 Å². The number of nitrogens with one attached hydrogen (secondary N) is 2.